The van der Waals surface area contributed by atoms with E-state index in [1.807, 2.05) is 0 Å². The molecule has 0 aliphatic rings. The summed E-state index contributed by atoms with van der Waals surface area (Å²) in [5.41, 5.74) is -15.6. The lowest BCUT2D eigenvalue weighted by molar-refractivity contribution is -0.248. The molecule has 24 nitrogen and oxygen atoms in total. The number of alkyl halides is 5. The second-order valence-electron chi connectivity index (χ2n) is 21.4. The molecular weight excluding hydrogens is 1360 g/mol. The van der Waals surface area contributed by atoms with Crippen LogP contribution in [0.1, 0.15) is 75.5 Å². The first-order chi connectivity index (χ1) is 45.4. The van der Waals surface area contributed by atoms with Gasteiger partial charge in [0, 0.05) is 17.1 Å². The van der Waals surface area contributed by atoms with Crippen molar-refractivity contribution in [2.24, 2.45) is 0 Å². The Bertz CT molecular complexity index is 4640. The van der Waals surface area contributed by atoms with E-state index >= 15 is 36.3 Å². The van der Waals surface area contributed by atoms with Crippen LogP contribution in [-0.2, 0) is 24.3 Å². The number of ether oxygens (including phenoxy) is 6. The molecule has 3 amide bonds. The molecule has 0 saturated carbocycles. The highest BCUT2D eigenvalue weighted by atomic mass is 32.2. The minimum absolute atomic E-state index is 0.00325. The highest BCUT2D eigenvalue weighted by Gasteiger charge is 2.66. The number of hydrogen-bond acceptors (Lipinski definition) is 17. The number of anilines is 3. The maximum Gasteiger partial charge on any atom is 0.432 e. The molecule has 7 rings (SSSR count). The molecule has 0 spiro atoms. The largest absolute Gasteiger partial charge is 0.452 e. The van der Waals surface area contributed by atoms with E-state index in [1.165, 1.54) is 27.7 Å². The molecule has 0 bridgehead atoms. The van der Waals surface area contributed by atoms with E-state index in [1.54, 1.807) is 0 Å². The molecule has 98 heavy (non-hydrogen) atoms. The van der Waals surface area contributed by atoms with Crippen molar-refractivity contribution in [2.45, 2.75) is 77.2 Å². The summed E-state index contributed by atoms with van der Waals surface area (Å²) in [6, 6.07) is 10.5. The number of nitrogens with one attached hydrogen (secondary N) is 3. The van der Waals surface area contributed by atoms with Crippen LogP contribution in [0.25, 0.3) is 17.1 Å². The summed E-state index contributed by atoms with van der Waals surface area (Å²) >= 11 is 0. The van der Waals surface area contributed by atoms with E-state index in [0.29, 0.717) is 12.1 Å². The van der Waals surface area contributed by atoms with E-state index < -0.39 is 201 Å². The van der Waals surface area contributed by atoms with Gasteiger partial charge < -0.3 is 28.4 Å². The highest BCUT2D eigenvalue weighted by Crippen LogP contribution is 2.39. The Labute approximate surface area is 541 Å². The Morgan fingerprint density at radius 1 is 0.510 bits per heavy atom. The van der Waals surface area contributed by atoms with Crippen molar-refractivity contribution >= 4 is 63.4 Å². The van der Waals surface area contributed by atoms with Crippen LogP contribution in [0.2, 0.25) is 0 Å². The molecule has 1 aromatic heterocycles. The second-order valence-corrected chi connectivity index (χ2v) is 22.9. The number of rotatable bonds is 19. The van der Waals surface area contributed by atoms with Gasteiger partial charge in [0.1, 0.15) is 22.3 Å². The quantitative estimate of drug-likeness (QED) is 0.0146. The number of aromatic nitrogens is 3. The fraction of sp³-hybridized carbons (Fsp3) is 0.197. The van der Waals surface area contributed by atoms with Gasteiger partial charge in [-0.05, 0) is 144 Å². The summed E-state index contributed by atoms with van der Waals surface area (Å²) in [7, 11) is -6.88. The van der Waals surface area contributed by atoms with Crippen LogP contribution < -0.4 is 47.2 Å². The van der Waals surface area contributed by atoms with E-state index in [-0.39, 0.29) is 48.6 Å². The molecule has 37 heteroatoms. The Morgan fingerprint density at radius 3 is 1.17 bits per heavy atom. The Kier molecular flexibility index (Phi) is 20.9. The smallest absolute Gasteiger partial charge is 0.432 e. The van der Waals surface area contributed by atoms with Crippen LogP contribution in [0.4, 0.5) is 84.1 Å². The first-order valence-electron chi connectivity index (χ1n) is 27.2. The lowest BCUT2D eigenvalue weighted by atomic mass is 10.1. The van der Waals surface area contributed by atoms with Gasteiger partial charge in [0.05, 0.1) is 22.6 Å². The zero-order valence-electron chi connectivity index (χ0n) is 50.9. The number of carbonyl (C=O) groups excluding carboxylic acids is 6. The van der Waals surface area contributed by atoms with Gasteiger partial charge in [0.15, 0.2) is 34.8 Å². The third-order valence-corrected chi connectivity index (χ3v) is 14.7. The van der Waals surface area contributed by atoms with Gasteiger partial charge in [-0.1, -0.05) is 31.4 Å². The fourth-order valence-electron chi connectivity index (χ4n) is 8.51. The van der Waals surface area contributed by atoms with Crippen LogP contribution in [0.3, 0.4) is 0 Å². The minimum Gasteiger partial charge on any atom is -0.452 e. The lowest BCUT2D eigenvalue weighted by Crippen LogP contribution is -2.53. The molecule has 0 saturated heterocycles. The van der Waals surface area contributed by atoms with Crippen molar-refractivity contribution in [2.75, 3.05) is 16.0 Å². The van der Waals surface area contributed by atoms with Crippen LogP contribution in [0.15, 0.2) is 125 Å². The molecule has 6 aromatic carbocycles. The van der Waals surface area contributed by atoms with E-state index in [9.17, 15) is 67.9 Å². The molecule has 1 unspecified atom stereocenters. The molecule has 0 aliphatic heterocycles. The Morgan fingerprint density at radius 2 is 0.857 bits per heavy atom. The standard InChI is InChI=1S/C61H46F12N6O18S/c1-10-58(6,7)96-49(81)30-24-33(63)44(67)46(42(30)65)93-53(84)75-36-16-13-19-39(27(36)4)78-55(86)77(38-18-12-15-35(26(38)3)74-52(83)92-41-22-21-29(23-32(41)62)48(80)95-51(60(69,70)71)61(72,73)98(89,90)91)56(87)79(57(78)88)40-20-14-17-37(28(40)5)76-54(85)94-47-43(66)31(25-34(64)45(47)68)50(82)97-59(8,9)11-2/h10-25,51H,1-2H2,3-9H3,(H,74,83)(H,75,84)(H,76,85)(H,89,90,91). The summed E-state index contributed by atoms with van der Waals surface area (Å²) in [6.07, 6.45) is -14.2. The summed E-state index contributed by atoms with van der Waals surface area (Å²) < 4.78 is 235. The highest BCUT2D eigenvalue weighted by molar-refractivity contribution is 7.86. The van der Waals surface area contributed by atoms with Gasteiger partial charge in [0.2, 0.25) is 23.1 Å². The molecule has 0 aliphatic carbocycles. The maximum atomic E-state index is 15.7. The third-order valence-electron chi connectivity index (χ3n) is 13.8. The molecule has 7 aromatic rings. The van der Waals surface area contributed by atoms with E-state index in [2.05, 4.69) is 33.8 Å². The SMILES string of the molecule is C=CC(C)(C)OC(=O)c1cc(F)c(F)c(OC(=O)Nc2cccc(-n3c(=O)n(-c4cccc(NC(=O)Oc5ccc(C(=O)OC(C(F)(F)F)C(F)(F)S(=O)(=O)O)cc5F)c4C)c(=O)n(-c4cccc(NC(=O)Oc5c(F)c(F)cc(C(=O)OC(C)(C)C=C)c5F)c4C)c3=O)c2C)c1F. The normalized spacial score (nSPS) is 12.2. The van der Waals surface area contributed by atoms with E-state index in [0.717, 1.165) is 87.5 Å². The van der Waals surface area contributed by atoms with Crippen LogP contribution in [0.5, 0.6) is 17.2 Å². The Hall–Kier alpha value is -11.5. The van der Waals surface area contributed by atoms with Crippen molar-refractivity contribution in [1.29, 1.82) is 0 Å². The first kappa shape index (κ1) is 73.9. The third kappa shape index (κ3) is 15.3. The number of benzene rings is 6. The summed E-state index contributed by atoms with van der Waals surface area (Å²) in [5, 5.41) is 0.104. The topological polar surface area (TPSA) is 314 Å². The molecule has 0 radical (unpaired) electrons. The fourth-order valence-corrected chi connectivity index (χ4v) is 8.97. The molecule has 1 heterocycles. The summed E-state index contributed by atoms with van der Waals surface area (Å²) in [6.45, 7) is 15.4. The van der Waals surface area contributed by atoms with Gasteiger partial charge in [-0.25, -0.2) is 78.8 Å². The van der Waals surface area contributed by atoms with Crippen molar-refractivity contribution < 1.29 is 123 Å². The number of carbonyl (C=O) groups is 6. The van der Waals surface area contributed by atoms with Gasteiger partial charge in [-0.2, -0.15) is 39.2 Å². The predicted molar refractivity (Wildman–Crippen MR) is 317 cm³/mol. The molecule has 4 N–H and O–H groups in total. The number of amides is 3. The predicted octanol–water partition coefficient (Wildman–Crippen LogP) is 11.7. The van der Waals surface area contributed by atoms with E-state index in [4.69, 9.17) is 28.2 Å². The van der Waals surface area contributed by atoms with Crippen LogP contribution in [0, 0.1) is 61.5 Å². The van der Waals surface area contributed by atoms with Crippen LogP contribution >= 0.6 is 0 Å². The average molecular weight is 1410 g/mol. The molecular formula is C61H46F12N6O18S. The zero-order chi connectivity index (χ0) is 73.4. The van der Waals surface area contributed by atoms with Crippen molar-refractivity contribution in [3.8, 4) is 34.3 Å². The number of esters is 3. The average Bonchev–Trinajstić information content (AvgIpc) is 0.736. The van der Waals surface area contributed by atoms with Crippen molar-refractivity contribution in [1.82, 2.24) is 13.7 Å². The van der Waals surface area contributed by atoms with Gasteiger partial charge in [-0.15, -0.1) is 0 Å². The Balaban J connectivity index is 1.31. The minimum atomic E-state index is -6.88. The molecule has 1 atom stereocenters. The number of halogens is 12. The number of hydrogen-bond donors (Lipinski definition) is 4. The van der Waals surface area contributed by atoms with Crippen molar-refractivity contribution in [3.05, 3.63) is 216 Å². The zero-order valence-corrected chi connectivity index (χ0v) is 51.7. The van der Waals surface area contributed by atoms with Crippen molar-refractivity contribution in [3.63, 3.8) is 0 Å². The van der Waals surface area contributed by atoms with Gasteiger partial charge >= 0.3 is 74.8 Å². The summed E-state index contributed by atoms with van der Waals surface area (Å²) in [4.78, 5) is 124. The number of nitrogens with zero attached hydrogens (tertiary/aromatic N) is 3. The monoisotopic (exact) mass is 1410 g/mol. The molecule has 0 fully saturated rings. The maximum absolute atomic E-state index is 15.7. The summed E-state index contributed by atoms with van der Waals surface area (Å²) in [5.74, 6) is -23.8. The van der Waals surface area contributed by atoms with Gasteiger partial charge in [-0.3, -0.25) is 20.5 Å². The van der Waals surface area contributed by atoms with Gasteiger partial charge in [0.25, 0.3) is 6.10 Å². The lowest BCUT2D eigenvalue weighted by Gasteiger charge is -2.26. The molecule has 518 valence electrons. The second kappa shape index (κ2) is 27.7. The first-order valence-corrected chi connectivity index (χ1v) is 28.6. The van der Waals surface area contributed by atoms with Crippen LogP contribution in [-0.4, -0.2) is 91.6 Å².